The van der Waals surface area contributed by atoms with Crippen LogP contribution in [0, 0.1) is 52.3 Å². The summed E-state index contributed by atoms with van der Waals surface area (Å²) in [6.07, 6.45) is 17.0. The SMILES string of the molecule is C[C@]12C=CC(=O)CC1=NCC1C2CC[C@@]2(C)C1CC[C@@H]2C(=O)NC12CC3CC(CC(C3)C1)C2. The molecule has 6 saturated carbocycles. The molecular formula is C29H40N2O2. The van der Waals surface area contributed by atoms with Crippen LogP contribution in [0.2, 0.25) is 0 Å². The highest BCUT2D eigenvalue weighted by molar-refractivity contribution is 6.12. The number of allylic oxidation sites excluding steroid dienone is 2. The summed E-state index contributed by atoms with van der Waals surface area (Å²) < 4.78 is 0. The summed E-state index contributed by atoms with van der Waals surface area (Å²) in [6, 6.07) is 0. The van der Waals surface area contributed by atoms with Crippen molar-refractivity contribution in [1.29, 1.82) is 0 Å². The third-order valence-electron chi connectivity index (χ3n) is 12.0. The fourth-order valence-corrected chi connectivity index (χ4v) is 10.9. The summed E-state index contributed by atoms with van der Waals surface area (Å²) >= 11 is 0. The molecule has 0 radical (unpaired) electrons. The van der Waals surface area contributed by atoms with Crippen molar-refractivity contribution >= 4 is 17.4 Å². The van der Waals surface area contributed by atoms with Gasteiger partial charge in [0.05, 0.1) is 0 Å². The zero-order valence-corrected chi connectivity index (χ0v) is 20.4. The molecule has 8 rings (SSSR count). The minimum absolute atomic E-state index is 0.0578. The normalized spacial score (nSPS) is 53.8. The molecule has 6 fully saturated rings. The van der Waals surface area contributed by atoms with Gasteiger partial charge in [0.1, 0.15) is 0 Å². The van der Waals surface area contributed by atoms with E-state index in [9.17, 15) is 9.59 Å². The van der Waals surface area contributed by atoms with Gasteiger partial charge in [-0.2, -0.15) is 0 Å². The van der Waals surface area contributed by atoms with Crippen LogP contribution in [0.1, 0.15) is 84.5 Å². The van der Waals surface area contributed by atoms with E-state index in [1.54, 1.807) is 0 Å². The Kier molecular flexibility index (Phi) is 4.31. The van der Waals surface area contributed by atoms with Gasteiger partial charge in [0.2, 0.25) is 5.91 Å². The standard InChI is InChI=1S/C29H40N2O2/c1-27-8-6-23-21(16-30-25-12-20(32)5-7-28(23,25)2)22(27)3-4-24(27)26(33)31-29-13-17-9-18(14-29)11-19(10-17)15-29/h5,7,17-19,21-24H,3-4,6,8-16H2,1-2H3,(H,31,33)/t17?,18?,19?,21?,22?,23?,24-,27+,28-,29?/m1/s1. The van der Waals surface area contributed by atoms with Crippen molar-refractivity contribution in [3.8, 4) is 0 Å². The Morgan fingerprint density at radius 3 is 2.39 bits per heavy atom. The van der Waals surface area contributed by atoms with E-state index in [0.29, 0.717) is 30.1 Å². The number of hydrogen-bond donors (Lipinski definition) is 1. The molecule has 6 atom stereocenters. The van der Waals surface area contributed by atoms with Crippen LogP contribution in [0.5, 0.6) is 0 Å². The second-order valence-corrected chi connectivity index (χ2v) is 13.8. The van der Waals surface area contributed by atoms with Crippen LogP contribution in [0.25, 0.3) is 0 Å². The Hall–Kier alpha value is -1.45. The zero-order valence-electron chi connectivity index (χ0n) is 20.4. The molecule has 3 unspecified atom stereocenters. The Balaban J connectivity index is 1.12. The Bertz CT molecular complexity index is 929. The fourth-order valence-electron chi connectivity index (χ4n) is 10.9. The number of nitrogens with one attached hydrogen (secondary N) is 1. The number of ketones is 1. The number of rotatable bonds is 2. The van der Waals surface area contributed by atoms with E-state index in [1.165, 1.54) is 44.9 Å². The average Bonchev–Trinajstić information content (AvgIpc) is 3.10. The molecule has 4 heteroatoms. The van der Waals surface area contributed by atoms with E-state index in [1.807, 2.05) is 6.08 Å². The van der Waals surface area contributed by atoms with E-state index < -0.39 is 0 Å². The van der Waals surface area contributed by atoms with Crippen LogP contribution in [-0.4, -0.2) is 29.5 Å². The fraction of sp³-hybridized carbons (Fsp3) is 0.828. The molecule has 0 spiro atoms. The maximum Gasteiger partial charge on any atom is 0.224 e. The molecule has 1 aliphatic heterocycles. The number of carbonyl (C=O) groups excluding carboxylic acids is 2. The molecule has 178 valence electrons. The van der Waals surface area contributed by atoms with Gasteiger partial charge in [0.25, 0.3) is 0 Å². The minimum Gasteiger partial charge on any atom is -0.350 e. The number of carbonyl (C=O) groups is 2. The molecule has 0 aromatic rings. The van der Waals surface area contributed by atoms with Gasteiger partial charge in [-0.3, -0.25) is 14.6 Å². The van der Waals surface area contributed by atoms with Gasteiger partial charge < -0.3 is 5.32 Å². The van der Waals surface area contributed by atoms with E-state index in [4.69, 9.17) is 4.99 Å². The first-order chi connectivity index (χ1) is 15.8. The van der Waals surface area contributed by atoms with E-state index in [-0.39, 0.29) is 28.1 Å². The maximum atomic E-state index is 13.9. The molecule has 4 bridgehead atoms. The van der Waals surface area contributed by atoms with Crippen LogP contribution in [0.15, 0.2) is 17.1 Å². The van der Waals surface area contributed by atoms with Gasteiger partial charge in [-0.25, -0.2) is 0 Å². The van der Waals surface area contributed by atoms with Gasteiger partial charge in [0.15, 0.2) is 5.78 Å². The summed E-state index contributed by atoms with van der Waals surface area (Å²) in [4.78, 5) is 30.9. The third-order valence-corrected chi connectivity index (χ3v) is 12.0. The molecule has 8 aliphatic rings. The number of hydrogen-bond acceptors (Lipinski definition) is 3. The number of nitrogens with zero attached hydrogens (tertiary/aromatic N) is 1. The molecule has 1 amide bonds. The quantitative estimate of drug-likeness (QED) is 0.637. The summed E-state index contributed by atoms with van der Waals surface area (Å²) in [5, 5.41) is 3.74. The molecule has 4 nitrogen and oxygen atoms in total. The topological polar surface area (TPSA) is 58.5 Å². The van der Waals surface area contributed by atoms with Crippen molar-refractivity contribution in [2.24, 2.45) is 57.2 Å². The van der Waals surface area contributed by atoms with Gasteiger partial charge in [-0.05, 0) is 111 Å². The van der Waals surface area contributed by atoms with Crippen molar-refractivity contribution in [2.45, 2.75) is 90.0 Å². The van der Waals surface area contributed by atoms with Crippen LogP contribution in [-0.2, 0) is 9.59 Å². The highest BCUT2D eigenvalue weighted by Crippen LogP contribution is 2.63. The predicted octanol–water partition coefficient (Wildman–Crippen LogP) is 5.12. The summed E-state index contributed by atoms with van der Waals surface area (Å²) in [7, 11) is 0. The van der Waals surface area contributed by atoms with Crippen LogP contribution >= 0.6 is 0 Å². The Labute approximate surface area is 198 Å². The first kappa shape index (κ1) is 20.9. The molecule has 33 heavy (non-hydrogen) atoms. The van der Waals surface area contributed by atoms with Crippen molar-refractivity contribution in [1.82, 2.24) is 5.32 Å². The molecule has 7 aliphatic carbocycles. The smallest absolute Gasteiger partial charge is 0.224 e. The highest BCUT2D eigenvalue weighted by atomic mass is 16.2. The van der Waals surface area contributed by atoms with E-state index in [2.05, 4.69) is 25.2 Å². The lowest BCUT2D eigenvalue weighted by Gasteiger charge is -2.58. The summed E-state index contributed by atoms with van der Waals surface area (Å²) in [6.45, 7) is 5.62. The largest absolute Gasteiger partial charge is 0.350 e. The zero-order chi connectivity index (χ0) is 22.6. The van der Waals surface area contributed by atoms with Gasteiger partial charge in [-0.15, -0.1) is 0 Å². The molecule has 0 aromatic carbocycles. The van der Waals surface area contributed by atoms with Gasteiger partial charge in [0, 0.05) is 35.5 Å². The number of amides is 1. The average molecular weight is 449 g/mol. The first-order valence-corrected chi connectivity index (χ1v) is 13.9. The van der Waals surface area contributed by atoms with Crippen LogP contribution in [0.3, 0.4) is 0 Å². The van der Waals surface area contributed by atoms with Crippen molar-refractivity contribution in [3.05, 3.63) is 12.2 Å². The van der Waals surface area contributed by atoms with Crippen molar-refractivity contribution in [2.75, 3.05) is 6.54 Å². The lowest BCUT2D eigenvalue weighted by molar-refractivity contribution is -0.136. The predicted molar refractivity (Wildman–Crippen MR) is 129 cm³/mol. The lowest BCUT2D eigenvalue weighted by Crippen LogP contribution is -2.61. The summed E-state index contributed by atoms with van der Waals surface area (Å²) in [5.41, 5.74) is 1.28. The monoisotopic (exact) mass is 448 g/mol. The number of fused-ring (bicyclic) bond motifs is 5. The molecule has 1 heterocycles. The second-order valence-electron chi connectivity index (χ2n) is 13.8. The second kappa shape index (κ2) is 6.82. The van der Waals surface area contributed by atoms with Crippen LogP contribution < -0.4 is 5.32 Å². The van der Waals surface area contributed by atoms with Gasteiger partial charge >= 0.3 is 0 Å². The first-order valence-electron chi connectivity index (χ1n) is 13.9. The maximum absolute atomic E-state index is 13.9. The minimum atomic E-state index is -0.0578. The number of aliphatic imine (C=N–C) groups is 1. The third kappa shape index (κ3) is 2.91. The van der Waals surface area contributed by atoms with Crippen LogP contribution in [0.4, 0.5) is 0 Å². The Morgan fingerprint density at radius 1 is 1.00 bits per heavy atom. The highest BCUT2D eigenvalue weighted by Gasteiger charge is 2.61. The van der Waals surface area contributed by atoms with E-state index >= 15 is 0 Å². The van der Waals surface area contributed by atoms with Crippen molar-refractivity contribution in [3.63, 3.8) is 0 Å². The van der Waals surface area contributed by atoms with Crippen molar-refractivity contribution < 1.29 is 9.59 Å². The molecule has 0 saturated heterocycles. The summed E-state index contributed by atoms with van der Waals surface area (Å²) in [5.74, 6) is 5.04. The Morgan fingerprint density at radius 2 is 1.70 bits per heavy atom. The lowest BCUT2D eigenvalue weighted by atomic mass is 9.50. The van der Waals surface area contributed by atoms with E-state index in [0.717, 1.165) is 49.3 Å². The van der Waals surface area contributed by atoms with Gasteiger partial charge in [-0.1, -0.05) is 19.9 Å². The molecule has 0 aromatic heterocycles. The molecular weight excluding hydrogens is 408 g/mol. The molecule has 1 N–H and O–H groups in total.